The maximum Gasteiger partial charge on any atom is 0.104 e. The third-order valence-electron chi connectivity index (χ3n) is 2.02. The van der Waals surface area contributed by atoms with Gasteiger partial charge in [-0.25, -0.2) is 0 Å². The summed E-state index contributed by atoms with van der Waals surface area (Å²) in [5, 5.41) is 11.4. The molecule has 0 amide bonds. The van der Waals surface area contributed by atoms with Gasteiger partial charge < -0.3 is 5.73 Å². The third kappa shape index (κ3) is 2.41. The molecule has 82 valence electrons. The van der Waals surface area contributed by atoms with Gasteiger partial charge in [0.2, 0.25) is 0 Å². The van der Waals surface area contributed by atoms with Crippen LogP contribution in [-0.4, -0.2) is 0 Å². The van der Waals surface area contributed by atoms with E-state index in [0.717, 1.165) is 11.1 Å². The molecule has 2 aromatic rings. The molecule has 0 aliphatic rings. The number of nitriles is 1. The van der Waals surface area contributed by atoms with Crippen molar-refractivity contribution in [1.82, 2.24) is 0 Å². The van der Waals surface area contributed by atoms with Gasteiger partial charge in [-0.1, -0.05) is 44.2 Å². The van der Waals surface area contributed by atoms with E-state index < -0.39 is 0 Å². The minimum Gasteiger partial charge on any atom is -0.389 e. The summed E-state index contributed by atoms with van der Waals surface area (Å²) in [4.78, 5) is 0. The molecule has 1 aromatic heterocycles. The SMILES string of the molecule is CC.N#Cc1c(-c2ccccc2)csc1N. The Hall–Kier alpha value is -1.79. The van der Waals surface area contributed by atoms with Crippen molar-refractivity contribution < 1.29 is 0 Å². The molecular formula is C13H14N2S. The molecule has 0 atom stereocenters. The van der Waals surface area contributed by atoms with Crippen molar-refractivity contribution in [2.24, 2.45) is 0 Å². The number of anilines is 1. The molecule has 0 aliphatic carbocycles. The lowest BCUT2D eigenvalue weighted by molar-refractivity contribution is 1.50. The second kappa shape index (κ2) is 5.94. The van der Waals surface area contributed by atoms with Crippen LogP contribution in [0.1, 0.15) is 19.4 Å². The Bertz CT molecular complexity index is 480. The maximum atomic E-state index is 8.93. The Labute approximate surface area is 100.0 Å². The van der Waals surface area contributed by atoms with Gasteiger partial charge in [0.15, 0.2) is 0 Å². The fraction of sp³-hybridized carbons (Fsp3) is 0.154. The molecule has 3 heteroatoms. The first-order valence-corrected chi connectivity index (χ1v) is 6.03. The predicted molar refractivity (Wildman–Crippen MR) is 70.2 cm³/mol. The molecule has 0 saturated carbocycles. The van der Waals surface area contributed by atoms with Crippen LogP contribution in [0.5, 0.6) is 0 Å². The second-order valence-corrected chi connectivity index (χ2v) is 3.78. The van der Waals surface area contributed by atoms with E-state index in [-0.39, 0.29) is 0 Å². The van der Waals surface area contributed by atoms with E-state index >= 15 is 0 Å². The summed E-state index contributed by atoms with van der Waals surface area (Å²) in [6.45, 7) is 4.00. The molecule has 0 radical (unpaired) electrons. The van der Waals surface area contributed by atoms with Crippen molar-refractivity contribution in [2.45, 2.75) is 13.8 Å². The van der Waals surface area contributed by atoms with Crippen LogP contribution in [0.25, 0.3) is 11.1 Å². The van der Waals surface area contributed by atoms with Gasteiger partial charge in [0.05, 0.1) is 5.56 Å². The number of nitrogens with two attached hydrogens (primary N) is 1. The minimum atomic E-state index is 0.584. The van der Waals surface area contributed by atoms with E-state index in [9.17, 15) is 0 Å². The number of thiophene rings is 1. The van der Waals surface area contributed by atoms with Gasteiger partial charge >= 0.3 is 0 Å². The van der Waals surface area contributed by atoms with Gasteiger partial charge in [-0.2, -0.15) is 5.26 Å². The topological polar surface area (TPSA) is 49.8 Å². The third-order valence-corrected chi connectivity index (χ3v) is 2.83. The first-order valence-electron chi connectivity index (χ1n) is 5.15. The largest absolute Gasteiger partial charge is 0.389 e. The first kappa shape index (κ1) is 12.3. The summed E-state index contributed by atoms with van der Waals surface area (Å²) in [6, 6.07) is 11.9. The van der Waals surface area contributed by atoms with E-state index in [1.165, 1.54) is 11.3 Å². The van der Waals surface area contributed by atoms with Crippen LogP contribution < -0.4 is 5.73 Å². The van der Waals surface area contributed by atoms with E-state index in [4.69, 9.17) is 11.0 Å². The Morgan fingerprint density at radius 1 is 1.19 bits per heavy atom. The van der Waals surface area contributed by atoms with Crippen molar-refractivity contribution in [2.75, 3.05) is 5.73 Å². The summed E-state index contributed by atoms with van der Waals surface area (Å²) in [5.41, 5.74) is 8.24. The molecule has 2 N–H and O–H groups in total. The Morgan fingerprint density at radius 2 is 1.81 bits per heavy atom. The van der Waals surface area contributed by atoms with Crippen molar-refractivity contribution in [1.29, 1.82) is 5.26 Å². The zero-order valence-corrected chi connectivity index (χ0v) is 10.2. The summed E-state index contributed by atoms with van der Waals surface area (Å²) < 4.78 is 0. The lowest BCUT2D eigenvalue weighted by Crippen LogP contribution is -1.84. The van der Waals surface area contributed by atoms with Crippen LogP contribution >= 0.6 is 11.3 Å². The van der Waals surface area contributed by atoms with Crippen LogP contribution in [-0.2, 0) is 0 Å². The molecule has 16 heavy (non-hydrogen) atoms. The number of hydrogen-bond acceptors (Lipinski definition) is 3. The highest BCUT2D eigenvalue weighted by Gasteiger charge is 2.09. The van der Waals surface area contributed by atoms with Gasteiger partial charge in [-0.15, -0.1) is 11.3 Å². The lowest BCUT2D eigenvalue weighted by Gasteiger charge is -1.97. The Kier molecular flexibility index (Phi) is 4.56. The van der Waals surface area contributed by atoms with Crippen LogP contribution in [0.15, 0.2) is 35.7 Å². The average molecular weight is 230 g/mol. The summed E-state index contributed by atoms with van der Waals surface area (Å²) >= 11 is 1.41. The molecular weight excluding hydrogens is 216 g/mol. The predicted octanol–water partition coefficient (Wildman–Crippen LogP) is 3.90. The van der Waals surface area contributed by atoms with Gasteiger partial charge in [0.1, 0.15) is 11.1 Å². The van der Waals surface area contributed by atoms with Crippen LogP contribution in [0, 0.1) is 11.3 Å². The van der Waals surface area contributed by atoms with Crippen molar-refractivity contribution in [3.8, 4) is 17.2 Å². The zero-order chi connectivity index (χ0) is 12.0. The van der Waals surface area contributed by atoms with Crippen molar-refractivity contribution in [3.05, 3.63) is 41.3 Å². The fourth-order valence-corrected chi connectivity index (χ4v) is 2.09. The zero-order valence-electron chi connectivity index (χ0n) is 9.40. The number of benzene rings is 1. The maximum absolute atomic E-state index is 8.93. The van der Waals surface area contributed by atoms with Gasteiger partial charge in [0, 0.05) is 10.9 Å². The monoisotopic (exact) mass is 230 g/mol. The molecule has 2 nitrogen and oxygen atoms in total. The second-order valence-electron chi connectivity index (χ2n) is 2.87. The van der Waals surface area contributed by atoms with Crippen LogP contribution in [0.2, 0.25) is 0 Å². The fourth-order valence-electron chi connectivity index (χ4n) is 1.32. The number of hydrogen-bond donors (Lipinski definition) is 1. The van der Waals surface area contributed by atoms with E-state index in [2.05, 4.69) is 6.07 Å². The lowest BCUT2D eigenvalue weighted by atomic mass is 10.1. The number of rotatable bonds is 1. The smallest absolute Gasteiger partial charge is 0.104 e. The highest BCUT2D eigenvalue weighted by Crippen LogP contribution is 2.32. The van der Waals surface area contributed by atoms with E-state index in [1.807, 2.05) is 49.6 Å². The highest BCUT2D eigenvalue weighted by molar-refractivity contribution is 7.14. The standard InChI is InChI=1S/C11H8N2S.C2H6/c12-6-9-10(7-14-11(9)13)8-4-2-1-3-5-8;1-2/h1-5,7H,13H2;1-2H3. The molecule has 2 rings (SSSR count). The quantitative estimate of drug-likeness (QED) is 0.807. The van der Waals surface area contributed by atoms with Gasteiger partial charge in [-0.05, 0) is 5.56 Å². The molecule has 0 aliphatic heterocycles. The first-order chi connectivity index (χ1) is 7.83. The molecule has 1 aromatic carbocycles. The summed E-state index contributed by atoms with van der Waals surface area (Å²) in [5.74, 6) is 0. The molecule has 1 heterocycles. The van der Waals surface area contributed by atoms with Crippen molar-refractivity contribution in [3.63, 3.8) is 0 Å². The van der Waals surface area contributed by atoms with Gasteiger partial charge in [-0.3, -0.25) is 0 Å². The van der Waals surface area contributed by atoms with Crippen LogP contribution in [0.4, 0.5) is 5.00 Å². The summed E-state index contributed by atoms with van der Waals surface area (Å²) in [7, 11) is 0. The highest BCUT2D eigenvalue weighted by atomic mass is 32.1. The van der Waals surface area contributed by atoms with Crippen LogP contribution in [0.3, 0.4) is 0 Å². The van der Waals surface area contributed by atoms with Crippen molar-refractivity contribution >= 4 is 16.3 Å². The molecule has 0 spiro atoms. The molecule has 0 fully saturated rings. The summed E-state index contributed by atoms with van der Waals surface area (Å²) in [6.07, 6.45) is 0. The molecule has 0 unspecified atom stereocenters. The van der Waals surface area contributed by atoms with Gasteiger partial charge in [0.25, 0.3) is 0 Å². The normalized spacial score (nSPS) is 8.81. The number of nitrogens with zero attached hydrogens (tertiary/aromatic N) is 1. The number of nitrogen functional groups attached to an aromatic ring is 1. The molecule has 0 saturated heterocycles. The average Bonchev–Trinajstić information content (AvgIpc) is 2.74. The molecule has 0 bridgehead atoms. The Morgan fingerprint density at radius 3 is 2.38 bits per heavy atom. The van der Waals surface area contributed by atoms with E-state index in [0.29, 0.717) is 10.6 Å². The Balaban J connectivity index is 0.000000606. The minimum absolute atomic E-state index is 0.584. The van der Waals surface area contributed by atoms with E-state index in [1.54, 1.807) is 0 Å².